The van der Waals surface area contributed by atoms with Gasteiger partial charge < -0.3 is 15.8 Å². The summed E-state index contributed by atoms with van der Waals surface area (Å²) >= 11 is 0. The fraction of sp³-hybridized carbons (Fsp3) is 0.269. The lowest BCUT2D eigenvalue weighted by atomic mass is 10.1. The van der Waals surface area contributed by atoms with E-state index in [-0.39, 0.29) is 11.9 Å². The highest BCUT2D eigenvalue weighted by molar-refractivity contribution is 5.94. The van der Waals surface area contributed by atoms with Gasteiger partial charge in [0.25, 0.3) is 0 Å². The van der Waals surface area contributed by atoms with Crippen LogP contribution in [0.25, 0.3) is 22.2 Å². The third kappa shape index (κ3) is 4.12. The summed E-state index contributed by atoms with van der Waals surface area (Å²) in [6.07, 6.45) is 6.91. The molecule has 3 heterocycles. The lowest BCUT2D eigenvalue weighted by Gasteiger charge is -2.18. The Kier molecular flexibility index (Phi) is 5.22. The Balaban J connectivity index is 1.26. The molecule has 172 valence electrons. The van der Waals surface area contributed by atoms with Gasteiger partial charge in [-0.3, -0.25) is 9.88 Å². The molecular formula is C26H25FN6O. The summed E-state index contributed by atoms with van der Waals surface area (Å²) in [7, 11) is 0. The maximum Gasteiger partial charge on any atom is 0.144 e. The number of hydrogen-bond acceptors (Lipinski definition) is 7. The zero-order chi connectivity index (χ0) is 23.1. The second-order valence-corrected chi connectivity index (χ2v) is 8.92. The normalized spacial score (nSPS) is 18.3. The first-order chi connectivity index (χ1) is 16.6. The van der Waals surface area contributed by atoms with E-state index >= 15 is 0 Å². The number of hydrogen-bond donors (Lipinski definition) is 2. The number of nitrogen functional groups attached to an aromatic ring is 1. The number of nitrogens with one attached hydrogen (secondary N) is 1. The number of fused-ring (bicyclic) bond motifs is 1. The molecule has 1 saturated heterocycles. The van der Waals surface area contributed by atoms with Crippen molar-refractivity contribution in [2.24, 2.45) is 0 Å². The van der Waals surface area contributed by atoms with Crippen LogP contribution in [0.5, 0.6) is 5.75 Å². The Morgan fingerprint density at radius 3 is 2.76 bits per heavy atom. The van der Waals surface area contributed by atoms with Crippen molar-refractivity contribution in [3.63, 3.8) is 0 Å². The molecule has 2 aromatic heterocycles. The molecule has 4 aromatic rings. The summed E-state index contributed by atoms with van der Waals surface area (Å²) in [5.41, 5.74) is 9.38. The number of nitrogens with zero attached hydrogens (tertiary/aromatic N) is 4. The van der Waals surface area contributed by atoms with Crippen LogP contribution in [0, 0.1) is 5.82 Å². The average molecular weight is 457 g/mol. The minimum absolute atomic E-state index is 0.147. The highest BCUT2D eigenvalue weighted by atomic mass is 19.1. The fourth-order valence-corrected chi connectivity index (χ4v) is 4.56. The van der Waals surface area contributed by atoms with Crippen molar-refractivity contribution in [3.8, 4) is 17.0 Å². The molecule has 0 spiro atoms. The van der Waals surface area contributed by atoms with Crippen LogP contribution in [0.15, 0.2) is 61.1 Å². The van der Waals surface area contributed by atoms with Gasteiger partial charge in [-0.2, -0.15) is 0 Å². The molecule has 1 aliphatic heterocycles. The monoisotopic (exact) mass is 456 g/mol. The van der Waals surface area contributed by atoms with Gasteiger partial charge in [0.1, 0.15) is 29.8 Å². The maximum atomic E-state index is 14.2. The molecule has 1 aliphatic carbocycles. The number of ether oxygens (including phenoxy) is 1. The van der Waals surface area contributed by atoms with Crippen molar-refractivity contribution in [2.75, 3.05) is 24.1 Å². The summed E-state index contributed by atoms with van der Waals surface area (Å²) in [6, 6.07) is 14.7. The number of pyridine rings is 1. The third-order valence-electron chi connectivity index (χ3n) is 6.47. The highest BCUT2D eigenvalue weighted by Gasteiger charge is 2.35. The first-order valence-corrected chi connectivity index (χ1v) is 11.6. The molecule has 1 unspecified atom stereocenters. The SMILES string of the molecule is Nc1cc2c(Nc3ccnc(-c4ccccc4F)c3)ncnc2cc1OC1CCN(C2CC2)C1. The van der Waals surface area contributed by atoms with E-state index in [1.54, 1.807) is 30.5 Å². The second-order valence-electron chi connectivity index (χ2n) is 8.92. The molecule has 6 rings (SSSR count). The van der Waals surface area contributed by atoms with Crippen LogP contribution in [0.3, 0.4) is 0 Å². The first kappa shape index (κ1) is 20.8. The summed E-state index contributed by atoms with van der Waals surface area (Å²) < 4.78 is 20.5. The minimum Gasteiger partial charge on any atom is -0.487 e. The van der Waals surface area contributed by atoms with Gasteiger partial charge in [-0.25, -0.2) is 14.4 Å². The molecule has 7 nitrogen and oxygen atoms in total. The van der Waals surface area contributed by atoms with Gasteiger partial charge in [0.2, 0.25) is 0 Å². The van der Waals surface area contributed by atoms with Gasteiger partial charge in [-0.15, -0.1) is 0 Å². The smallest absolute Gasteiger partial charge is 0.144 e. The fourth-order valence-electron chi connectivity index (χ4n) is 4.56. The number of benzene rings is 2. The van der Waals surface area contributed by atoms with Crippen molar-refractivity contribution in [3.05, 3.63) is 66.9 Å². The zero-order valence-electron chi connectivity index (χ0n) is 18.6. The van der Waals surface area contributed by atoms with Crippen LogP contribution in [0.1, 0.15) is 19.3 Å². The van der Waals surface area contributed by atoms with Crippen molar-refractivity contribution < 1.29 is 9.13 Å². The summed E-state index contributed by atoms with van der Waals surface area (Å²) in [5, 5.41) is 4.09. The second kappa shape index (κ2) is 8.53. The van der Waals surface area contributed by atoms with Crippen LogP contribution >= 0.6 is 0 Å². The Morgan fingerprint density at radius 1 is 1.03 bits per heavy atom. The van der Waals surface area contributed by atoms with Crippen LogP contribution in [-0.2, 0) is 0 Å². The lowest BCUT2D eigenvalue weighted by Crippen LogP contribution is -2.26. The standard InChI is InChI=1S/C26H25FN6O/c27-21-4-2-1-3-19(21)23-11-16(7-9-29-23)32-26-20-12-22(28)25(13-24(20)30-15-31-26)34-18-8-10-33(14-18)17-5-6-17/h1-4,7,9,11-13,15,17-18H,5-6,8,10,14,28H2,(H,29,30,31,32). The molecule has 3 N–H and O–H groups in total. The van der Waals surface area contributed by atoms with Crippen LogP contribution in [0.4, 0.5) is 21.6 Å². The average Bonchev–Trinajstić information content (AvgIpc) is 3.59. The van der Waals surface area contributed by atoms with Gasteiger partial charge in [0.15, 0.2) is 0 Å². The Morgan fingerprint density at radius 2 is 1.91 bits per heavy atom. The van der Waals surface area contributed by atoms with Crippen molar-refractivity contribution in [1.82, 2.24) is 19.9 Å². The van der Waals surface area contributed by atoms with E-state index < -0.39 is 0 Å². The number of halogens is 1. The van der Waals surface area contributed by atoms with E-state index in [4.69, 9.17) is 10.5 Å². The molecule has 34 heavy (non-hydrogen) atoms. The molecule has 0 amide bonds. The van der Waals surface area contributed by atoms with Crippen LogP contribution in [0.2, 0.25) is 0 Å². The van der Waals surface area contributed by atoms with E-state index in [0.717, 1.165) is 42.1 Å². The predicted molar refractivity (Wildman–Crippen MR) is 130 cm³/mol. The molecule has 2 aromatic carbocycles. The highest BCUT2D eigenvalue weighted by Crippen LogP contribution is 2.35. The minimum atomic E-state index is -0.317. The van der Waals surface area contributed by atoms with Crippen molar-refractivity contribution >= 4 is 28.1 Å². The summed E-state index contributed by atoms with van der Waals surface area (Å²) in [5.74, 6) is 0.947. The Bertz CT molecular complexity index is 1360. The molecule has 2 aliphatic rings. The number of nitrogens with two attached hydrogens (primary N) is 1. The first-order valence-electron chi connectivity index (χ1n) is 11.6. The molecule has 2 fully saturated rings. The van der Waals surface area contributed by atoms with Crippen LogP contribution in [-0.4, -0.2) is 45.1 Å². The quantitative estimate of drug-likeness (QED) is 0.404. The van der Waals surface area contributed by atoms with Gasteiger partial charge in [0, 0.05) is 48.0 Å². The lowest BCUT2D eigenvalue weighted by molar-refractivity contribution is 0.199. The Hall–Kier alpha value is -3.78. The Labute approximate surface area is 196 Å². The van der Waals surface area contributed by atoms with E-state index in [2.05, 4.69) is 25.2 Å². The van der Waals surface area contributed by atoms with E-state index in [0.29, 0.717) is 28.5 Å². The van der Waals surface area contributed by atoms with Gasteiger partial charge in [-0.05, 0) is 49.6 Å². The molecule has 1 saturated carbocycles. The van der Waals surface area contributed by atoms with E-state index in [1.807, 2.05) is 18.2 Å². The molecule has 0 radical (unpaired) electrons. The van der Waals surface area contributed by atoms with E-state index in [1.165, 1.54) is 25.2 Å². The third-order valence-corrected chi connectivity index (χ3v) is 6.47. The molecule has 0 bridgehead atoms. The molecule has 8 heteroatoms. The van der Waals surface area contributed by atoms with Gasteiger partial charge in [0.05, 0.1) is 16.9 Å². The van der Waals surface area contributed by atoms with Crippen molar-refractivity contribution in [2.45, 2.75) is 31.4 Å². The summed E-state index contributed by atoms with van der Waals surface area (Å²) in [4.78, 5) is 15.7. The van der Waals surface area contributed by atoms with Gasteiger partial charge >= 0.3 is 0 Å². The van der Waals surface area contributed by atoms with Gasteiger partial charge in [-0.1, -0.05) is 12.1 Å². The summed E-state index contributed by atoms with van der Waals surface area (Å²) in [6.45, 7) is 2.03. The topological polar surface area (TPSA) is 89.2 Å². The van der Waals surface area contributed by atoms with E-state index in [9.17, 15) is 4.39 Å². The number of likely N-dealkylation sites (tertiary alicyclic amines) is 1. The van der Waals surface area contributed by atoms with Crippen LogP contribution < -0.4 is 15.8 Å². The van der Waals surface area contributed by atoms with Crippen molar-refractivity contribution in [1.29, 1.82) is 0 Å². The maximum absolute atomic E-state index is 14.2. The number of rotatable bonds is 6. The molecular weight excluding hydrogens is 431 g/mol. The number of anilines is 3. The number of aromatic nitrogens is 3. The zero-order valence-corrected chi connectivity index (χ0v) is 18.6. The molecule has 1 atom stereocenters. The largest absolute Gasteiger partial charge is 0.487 e. The predicted octanol–water partition coefficient (Wildman–Crippen LogP) is 4.77.